The molecule has 0 fully saturated rings. The molecule has 0 radical (unpaired) electrons. The summed E-state index contributed by atoms with van der Waals surface area (Å²) in [6, 6.07) is 7.34. The summed E-state index contributed by atoms with van der Waals surface area (Å²) in [5.41, 5.74) is 1.61. The van der Waals surface area contributed by atoms with E-state index in [4.69, 9.17) is 12.2 Å². The van der Waals surface area contributed by atoms with Gasteiger partial charge in [0.2, 0.25) is 0 Å². The molecule has 4 N–H and O–H groups in total. The second-order valence-electron chi connectivity index (χ2n) is 4.63. The predicted octanol–water partition coefficient (Wildman–Crippen LogP) is 1.54. The minimum Gasteiger partial charge on any atom is -0.390 e. The molecule has 0 aliphatic heterocycles. The van der Waals surface area contributed by atoms with Crippen molar-refractivity contribution in [3.63, 3.8) is 0 Å². The van der Waals surface area contributed by atoms with Crippen molar-refractivity contribution in [2.45, 2.75) is 18.6 Å². The Balaban J connectivity index is 2.12. The van der Waals surface area contributed by atoms with Gasteiger partial charge in [-0.15, -0.1) is 0 Å². The highest BCUT2D eigenvalue weighted by Gasteiger charge is 2.17. The van der Waals surface area contributed by atoms with Gasteiger partial charge in [-0.1, -0.05) is 12.1 Å². The van der Waals surface area contributed by atoms with Crippen molar-refractivity contribution in [3.05, 3.63) is 47.0 Å². The molecule has 2 unspecified atom stereocenters. The van der Waals surface area contributed by atoms with E-state index in [1.54, 1.807) is 18.3 Å². The zero-order chi connectivity index (χ0) is 14.5. The molecule has 5 nitrogen and oxygen atoms in total. The molecule has 1 aromatic carbocycles. The number of nitrogens with one attached hydrogen (secondary N) is 2. The number of aliphatic hydroxyl groups is 2. The largest absolute Gasteiger partial charge is 0.390 e. The molecule has 6 heteroatoms. The van der Waals surface area contributed by atoms with Crippen LogP contribution in [0.3, 0.4) is 0 Å². The van der Waals surface area contributed by atoms with Crippen molar-refractivity contribution in [1.29, 1.82) is 0 Å². The number of imidazole rings is 1. The smallest absolute Gasteiger partial charge is 0.181 e. The zero-order valence-electron chi connectivity index (χ0n) is 11.3. The van der Waals surface area contributed by atoms with Crippen LogP contribution in [0.4, 0.5) is 0 Å². The molecule has 2 atom stereocenters. The SMILES string of the molecule is CNCCC(O)C(O)c1ccc(-n2cc[nH]c2=S)cc1. The molecule has 0 amide bonds. The summed E-state index contributed by atoms with van der Waals surface area (Å²) in [5, 5.41) is 22.9. The standard InChI is InChI=1S/C14H19N3O2S/c1-15-7-6-12(18)13(19)10-2-4-11(5-3-10)17-9-8-16-14(17)20/h2-5,8-9,12-13,15,18-19H,6-7H2,1H3,(H,16,20). The minimum atomic E-state index is -0.878. The van der Waals surface area contributed by atoms with Crippen LogP contribution in [0.5, 0.6) is 0 Å². The number of hydrogen-bond acceptors (Lipinski definition) is 4. The van der Waals surface area contributed by atoms with Crippen LogP contribution in [0.15, 0.2) is 36.7 Å². The summed E-state index contributed by atoms with van der Waals surface area (Å²) < 4.78 is 2.45. The van der Waals surface area contributed by atoms with Crippen LogP contribution in [-0.2, 0) is 0 Å². The molecule has 0 bridgehead atoms. The average molecular weight is 293 g/mol. The molecular weight excluding hydrogens is 274 g/mol. The first-order valence-electron chi connectivity index (χ1n) is 6.50. The fourth-order valence-electron chi connectivity index (χ4n) is 2.03. The molecule has 0 spiro atoms. The van der Waals surface area contributed by atoms with E-state index in [1.165, 1.54) is 0 Å². The van der Waals surface area contributed by atoms with E-state index >= 15 is 0 Å². The lowest BCUT2D eigenvalue weighted by atomic mass is 10.0. The lowest BCUT2D eigenvalue weighted by Gasteiger charge is -2.18. The van der Waals surface area contributed by atoms with Gasteiger partial charge >= 0.3 is 0 Å². The van der Waals surface area contributed by atoms with Crippen LogP contribution >= 0.6 is 12.2 Å². The van der Waals surface area contributed by atoms with Crippen molar-refractivity contribution in [2.75, 3.05) is 13.6 Å². The van der Waals surface area contributed by atoms with Gasteiger partial charge in [0.15, 0.2) is 4.77 Å². The molecule has 108 valence electrons. The average Bonchev–Trinajstić information content (AvgIpc) is 2.90. The number of nitrogens with zero attached hydrogens (tertiary/aromatic N) is 1. The lowest BCUT2D eigenvalue weighted by molar-refractivity contribution is 0.0140. The number of H-pyrrole nitrogens is 1. The van der Waals surface area contributed by atoms with Crippen molar-refractivity contribution in [3.8, 4) is 5.69 Å². The molecule has 0 aliphatic rings. The highest BCUT2D eigenvalue weighted by atomic mass is 32.1. The third kappa shape index (κ3) is 3.34. The number of aliphatic hydroxyl groups excluding tert-OH is 2. The quantitative estimate of drug-likeness (QED) is 0.610. The maximum atomic E-state index is 10.1. The first-order chi connectivity index (χ1) is 9.63. The first kappa shape index (κ1) is 14.9. The Morgan fingerprint density at radius 2 is 2.00 bits per heavy atom. The van der Waals surface area contributed by atoms with Crippen molar-refractivity contribution in [1.82, 2.24) is 14.9 Å². The minimum absolute atomic E-state index is 0.502. The normalized spacial score (nSPS) is 14.2. The lowest BCUT2D eigenvalue weighted by Crippen LogP contribution is -2.23. The number of rotatable bonds is 6. The summed E-state index contributed by atoms with van der Waals surface area (Å²) in [6.45, 7) is 0.662. The number of aromatic nitrogens is 2. The van der Waals surface area contributed by atoms with Crippen LogP contribution in [0.25, 0.3) is 5.69 Å². The summed E-state index contributed by atoms with van der Waals surface area (Å²) in [7, 11) is 1.81. The molecule has 20 heavy (non-hydrogen) atoms. The number of hydrogen-bond donors (Lipinski definition) is 4. The van der Waals surface area contributed by atoms with E-state index in [0.29, 0.717) is 23.3 Å². The zero-order valence-corrected chi connectivity index (χ0v) is 12.1. The Labute approximate surface area is 122 Å². The van der Waals surface area contributed by atoms with E-state index in [9.17, 15) is 10.2 Å². The van der Waals surface area contributed by atoms with Crippen molar-refractivity contribution in [2.24, 2.45) is 0 Å². The Hall–Kier alpha value is -1.47. The molecule has 1 aromatic heterocycles. The highest BCUT2D eigenvalue weighted by Crippen LogP contribution is 2.20. The maximum absolute atomic E-state index is 10.1. The Morgan fingerprint density at radius 1 is 1.30 bits per heavy atom. The van der Waals surface area contributed by atoms with Gasteiger partial charge in [0.05, 0.1) is 6.10 Å². The fourth-order valence-corrected chi connectivity index (χ4v) is 2.26. The van der Waals surface area contributed by atoms with Gasteiger partial charge in [-0.2, -0.15) is 0 Å². The third-order valence-electron chi connectivity index (χ3n) is 3.22. The number of aromatic amines is 1. The third-order valence-corrected chi connectivity index (χ3v) is 3.53. The van der Waals surface area contributed by atoms with Crippen LogP contribution in [0, 0.1) is 4.77 Å². The van der Waals surface area contributed by atoms with Crippen LogP contribution in [0.2, 0.25) is 0 Å². The van der Waals surface area contributed by atoms with Crippen molar-refractivity contribution >= 4 is 12.2 Å². The number of benzene rings is 1. The summed E-state index contributed by atoms with van der Waals surface area (Å²) in [5.74, 6) is 0. The van der Waals surface area contributed by atoms with E-state index in [1.807, 2.05) is 29.9 Å². The van der Waals surface area contributed by atoms with Crippen LogP contribution in [-0.4, -0.2) is 39.5 Å². The Morgan fingerprint density at radius 3 is 2.55 bits per heavy atom. The second-order valence-corrected chi connectivity index (χ2v) is 5.02. The highest BCUT2D eigenvalue weighted by molar-refractivity contribution is 7.71. The molecular formula is C14H19N3O2S. The van der Waals surface area contributed by atoms with Gasteiger partial charge in [0, 0.05) is 18.1 Å². The molecule has 0 saturated carbocycles. The van der Waals surface area contributed by atoms with E-state index < -0.39 is 12.2 Å². The Kier molecular flexibility index (Phi) is 5.08. The van der Waals surface area contributed by atoms with Gasteiger partial charge < -0.3 is 20.5 Å². The first-order valence-corrected chi connectivity index (χ1v) is 6.91. The second kappa shape index (κ2) is 6.81. The van der Waals surface area contributed by atoms with Crippen molar-refractivity contribution < 1.29 is 10.2 Å². The van der Waals surface area contributed by atoms with Crippen LogP contribution in [0.1, 0.15) is 18.1 Å². The topological polar surface area (TPSA) is 73.2 Å². The summed E-state index contributed by atoms with van der Waals surface area (Å²) in [4.78, 5) is 2.93. The van der Waals surface area contributed by atoms with Gasteiger partial charge in [-0.05, 0) is 49.9 Å². The van der Waals surface area contributed by atoms with E-state index in [0.717, 1.165) is 5.69 Å². The molecule has 0 aliphatic carbocycles. The summed E-state index contributed by atoms with van der Waals surface area (Å²) >= 11 is 5.15. The predicted molar refractivity (Wildman–Crippen MR) is 80.5 cm³/mol. The van der Waals surface area contributed by atoms with Gasteiger partial charge in [0.25, 0.3) is 0 Å². The van der Waals surface area contributed by atoms with Gasteiger partial charge in [-0.3, -0.25) is 4.57 Å². The van der Waals surface area contributed by atoms with Gasteiger partial charge in [-0.25, -0.2) is 0 Å². The monoisotopic (exact) mass is 293 g/mol. The van der Waals surface area contributed by atoms with E-state index in [2.05, 4.69) is 10.3 Å². The Bertz CT molecular complexity index is 591. The van der Waals surface area contributed by atoms with Crippen LogP contribution < -0.4 is 5.32 Å². The molecule has 0 saturated heterocycles. The maximum Gasteiger partial charge on any atom is 0.181 e. The fraction of sp³-hybridized carbons (Fsp3) is 0.357. The van der Waals surface area contributed by atoms with Gasteiger partial charge in [0.1, 0.15) is 6.10 Å². The molecule has 2 aromatic rings. The summed E-state index contributed by atoms with van der Waals surface area (Å²) in [6.07, 6.45) is 2.46. The molecule has 2 rings (SSSR count). The molecule has 1 heterocycles. The van der Waals surface area contributed by atoms with E-state index in [-0.39, 0.29) is 0 Å².